The van der Waals surface area contributed by atoms with Crippen molar-refractivity contribution in [1.82, 2.24) is 0 Å². The number of Topliss-reactive ketones (excluding diaryl/α,β-unsaturated/α-hetero) is 1. The summed E-state index contributed by atoms with van der Waals surface area (Å²) in [6, 6.07) is 14.7. The Hall–Kier alpha value is -4.27. The third-order valence-corrected chi connectivity index (χ3v) is 5.46. The number of phenols is 1. The van der Waals surface area contributed by atoms with Crippen molar-refractivity contribution in [3.63, 3.8) is 0 Å². The number of benzene rings is 3. The van der Waals surface area contributed by atoms with Gasteiger partial charge in [-0.15, -0.1) is 0 Å². The molecule has 1 aliphatic rings. The molecular weight excluding hydrogens is 451 g/mol. The van der Waals surface area contributed by atoms with E-state index in [2.05, 4.69) is 0 Å². The number of hydrogen-bond acceptors (Lipinski definition) is 5. The van der Waals surface area contributed by atoms with Gasteiger partial charge in [-0.3, -0.25) is 14.5 Å². The van der Waals surface area contributed by atoms with Crippen LogP contribution in [0.2, 0.25) is 0 Å². The van der Waals surface area contributed by atoms with Gasteiger partial charge in [0.2, 0.25) is 0 Å². The SMILES string of the molecule is COc1cc(C2C(=C(O)c3ccccc3)C(=O)C(=O)N2c2cccc(C(F)(F)F)c2)ccc1O. The first kappa shape index (κ1) is 22.9. The maximum Gasteiger partial charge on any atom is 0.416 e. The number of alkyl halides is 3. The third kappa shape index (κ3) is 3.96. The number of carbonyl (C=O) groups excluding carboxylic acids is 2. The van der Waals surface area contributed by atoms with E-state index in [1.54, 1.807) is 18.2 Å². The molecule has 0 bridgehead atoms. The molecule has 1 saturated heterocycles. The van der Waals surface area contributed by atoms with Crippen LogP contribution in [0.25, 0.3) is 5.76 Å². The number of carbonyl (C=O) groups is 2. The molecule has 0 saturated carbocycles. The first-order valence-corrected chi connectivity index (χ1v) is 10.0. The minimum Gasteiger partial charge on any atom is -0.507 e. The van der Waals surface area contributed by atoms with Gasteiger partial charge < -0.3 is 14.9 Å². The average Bonchev–Trinajstić information content (AvgIpc) is 3.09. The Labute approximate surface area is 192 Å². The molecule has 1 fully saturated rings. The normalized spacial score (nSPS) is 17.8. The minimum atomic E-state index is -4.68. The van der Waals surface area contributed by atoms with Crippen molar-refractivity contribution < 1.29 is 37.7 Å². The smallest absolute Gasteiger partial charge is 0.416 e. The Morgan fingerprint density at radius 1 is 0.971 bits per heavy atom. The first-order valence-electron chi connectivity index (χ1n) is 10.0. The highest BCUT2D eigenvalue weighted by Crippen LogP contribution is 2.44. The molecule has 0 aromatic heterocycles. The van der Waals surface area contributed by atoms with Crippen molar-refractivity contribution in [2.24, 2.45) is 0 Å². The molecule has 1 heterocycles. The lowest BCUT2D eigenvalue weighted by Crippen LogP contribution is -2.29. The minimum absolute atomic E-state index is 0.0202. The molecule has 174 valence electrons. The van der Waals surface area contributed by atoms with Crippen LogP contribution < -0.4 is 9.64 Å². The molecule has 1 unspecified atom stereocenters. The fourth-order valence-electron chi connectivity index (χ4n) is 3.86. The predicted octanol–water partition coefficient (Wildman–Crippen LogP) is 5.05. The third-order valence-electron chi connectivity index (χ3n) is 5.46. The summed E-state index contributed by atoms with van der Waals surface area (Å²) in [4.78, 5) is 27.1. The summed E-state index contributed by atoms with van der Waals surface area (Å²) in [5.74, 6) is -2.84. The number of halogens is 3. The highest BCUT2D eigenvalue weighted by molar-refractivity contribution is 6.51. The second kappa shape index (κ2) is 8.58. The largest absolute Gasteiger partial charge is 0.507 e. The first-order chi connectivity index (χ1) is 16.1. The van der Waals surface area contributed by atoms with Gasteiger partial charge in [0.05, 0.1) is 24.3 Å². The number of rotatable bonds is 4. The second-order valence-corrected chi connectivity index (χ2v) is 7.51. The number of anilines is 1. The van der Waals surface area contributed by atoms with E-state index in [1.165, 1.54) is 43.5 Å². The number of methoxy groups -OCH3 is 1. The van der Waals surface area contributed by atoms with Gasteiger partial charge in [0.25, 0.3) is 11.7 Å². The van der Waals surface area contributed by atoms with Crippen LogP contribution in [0.5, 0.6) is 11.5 Å². The Morgan fingerprint density at radius 3 is 2.32 bits per heavy atom. The summed E-state index contributed by atoms with van der Waals surface area (Å²) in [6.07, 6.45) is -4.68. The van der Waals surface area contributed by atoms with Crippen molar-refractivity contribution >= 4 is 23.1 Å². The van der Waals surface area contributed by atoms with Crippen molar-refractivity contribution in [2.75, 3.05) is 12.0 Å². The van der Waals surface area contributed by atoms with Crippen LogP contribution in [0.3, 0.4) is 0 Å². The van der Waals surface area contributed by atoms with Crippen LogP contribution in [0.1, 0.15) is 22.7 Å². The average molecular weight is 469 g/mol. The van der Waals surface area contributed by atoms with Gasteiger partial charge in [-0.1, -0.05) is 42.5 Å². The van der Waals surface area contributed by atoms with E-state index in [1.807, 2.05) is 0 Å². The lowest BCUT2D eigenvalue weighted by Gasteiger charge is -2.26. The Kier molecular flexibility index (Phi) is 5.78. The maximum absolute atomic E-state index is 13.4. The van der Waals surface area contributed by atoms with E-state index < -0.39 is 35.2 Å². The number of hydrogen-bond donors (Lipinski definition) is 2. The number of phenolic OH excluding ortho intramolecular Hbond substituents is 1. The highest BCUT2D eigenvalue weighted by atomic mass is 19.4. The quantitative estimate of drug-likeness (QED) is 0.317. The van der Waals surface area contributed by atoms with E-state index in [4.69, 9.17) is 4.74 Å². The molecule has 3 aromatic rings. The van der Waals surface area contributed by atoms with E-state index >= 15 is 0 Å². The van der Waals surface area contributed by atoms with Crippen LogP contribution in [-0.2, 0) is 15.8 Å². The molecule has 4 rings (SSSR count). The molecule has 1 amide bonds. The molecule has 1 aliphatic heterocycles. The van der Waals surface area contributed by atoms with Crippen molar-refractivity contribution in [3.05, 3.63) is 95.1 Å². The van der Waals surface area contributed by atoms with E-state index in [0.29, 0.717) is 0 Å². The zero-order valence-electron chi connectivity index (χ0n) is 17.7. The van der Waals surface area contributed by atoms with Crippen molar-refractivity contribution in [2.45, 2.75) is 12.2 Å². The van der Waals surface area contributed by atoms with Gasteiger partial charge >= 0.3 is 6.18 Å². The number of aliphatic hydroxyl groups is 1. The summed E-state index contributed by atoms with van der Waals surface area (Å²) in [5, 5.41) is 21.0. The Balaban J connectivity index is 1.98. The van der Waals surface area contributed by atoms with Crippen LogP contribution in [0.4, 0.5) is 18.9 Å². The van der Waals surface area contributed by atoms with E-state index in [9.17, 15) is 33.0 Å². The monoisotopic (exact) mass is 469 g/mol. The fourth-order valence-corrected chi connectivity index (χ4v) is 3.86. The lowest BCUT2D eigenvalue weighted by molar-refractivity contribution is -0.137. The van der Waals surface area contributed by atoms with Gasteiger partial charge in [-0.2, -0.15) is 13.2 Å². The summed E-state index contributed by atoms with van der Waals surface area (Å²) >= 11 is 0. The molecule has 3 aromatic carbocycles. The van der Waals surface area contributed by atoms with E-state index in [-0.39, 0.29) is 33.9 Å². The zero-order valence-corrected chi connectivity index (χ0v) is 17.7. The van der Waals surface area contributed by atoms with Crippen LogP contribution >= 0.6 is 0 Å². The number of ketones is 1. The number of amides is 1. The molecule has 0 aliphatic carbocycles. The number of ether oxygens (including phenoxy) is 1. The molecule has 0 spiro atoms. The molecule has 0 radical (unpaired) electrons. The van der Waals surface area contributed by atoms with Crippen LogP contribution in [0.15, 0.2) is 78.4 Å². The number of aromatic hydroxyl groups is 1. The number of nitrogens with zero attached hydrogens (tertiary/aromatic N) is 1. The molecule has 34 heavy (non-hydrogen) atoms. The maximum atomic E-state index is 13.4. The fraction of sp³-hybridized carbons (Fsp3) is 0.120. The summed E-state index contributed by atoms with van der Waals surface area (Å²) < 4.78 is 45.2. The summed E-state index contributed by atoms with van der Waals surface area (Å²) in [5.41, 5.74) is -0.997. The van der Waals surface area contributed by atoms with Crippen LogP contribution in [0, 0.1) is 0 Å². The van der Waals surface area contributed by atoms with Gasteiger partial charge in [0.1, 0.15) is 5.76 Å². The lowest BCUT2D eigenvalue weighted by atomic mass is 9.94. The molecule has 9 heteroatoms. The van der Waals surface area contributed by atoms with Gasteiger partial charge in [0, 0.05) is 11.3 Å². The van der Waals surface area contributed by atoms with Gasteiger partial charge in [-0.25, -0.2) is 0 Å². The predicted molar refractivity (Wildman–Crippen MR) is 117 cm³/mol. The molecule has 2 N–H and O–H groups in total. The molecular formula is C25H18F3NO5. The summed E-state index contributed by atoms with van der Waals surface area (Å²) in [7, 11) is 1.30. The summed E-state index contributed by atoms with van der Waals surface area (Å²) in [6.45, 7) is 0. The Bertz CT molecular complexity index is 1300. The van der Waals surface area contributed by atoms with E-state index in [0.717, 1.165) is 23.1 Å². The second-order valence-electron chi connectivity index (χ2n) is 7.51. The van der Waals surface area contributed by atoms with Gasteiger partial charge in [0.15, 0.2) is 11.5 Å². The standard InChI is InChI=1S/C25H18F3NO5/c1-34-19-12-15(10-11-18(19)30)21-20(22(31)14-6-3-2-4-7-14)23(32)24(33)29(21)17-9-5-8-16(13-17)25(26,27)28/h2-13,21,30-31H,1H3. The van der Waals surface area contributed by atoms with Crippen molar-refractivity contribution in [1.29, 1.82) is 0 Å². The van der Waals surface area contributed by atoms with Gasteiger partial charge in [-0.05, 0) is 35.9 Å². The van der Waals surface area contributed by atoms with Crippen molar-refractivity contribution in [3.8, 4) is 11.5 Å². The zero-order chi connectivity index (χ0) is 24.6. The molecule has 6 nitrogen and oxygen atoms in total. The topological polar surface area (TPSA) is 87.1 Å². The molecule has 1 atom stereocenters. The van der Waals surface area contributed by atoms with Crippen LogP contribution in [-0.4, -0.2) is 29.0 Å². The highest BCUT2D eigenvalue weighted by Gasteiger charge is 2.47. The number of aliphatic hydroxyl groups excluding tert-OH is 1. The Morgan fingerprint density at radius 2 is 1.68 bits per heavy atom.